The van der Waals surface area contributed by atoms with Crippen molar-refractivity contribution in [3.8, 4) is 0 Å². The Hall–Kier alpha value is -1.69. The van der Waals surface area contributed by atoms with E-state index in [4.69, 9.17) is 11.6 Å². The van der Waals surface area contributed by atoms with E-state index in [1.54, 1.807) is 0 Å². The maximum absolute atomic E-state index is 12.7. The lowest BCUT2D eigenvalue weighted by atomic mass is 10.1. The van der Waals surface area contributed by atoms with Crippen LogP contribution in [0.4, 0.5) is 0 Å². The Labute approximate surface area is 128 Å². The minimum Gasteiger partial charge on any atom is -0.353 e. The predicted octanol–water partition coefficient (Wildman–Crippen LogP) is 1.60. The van der Waals surface area contributed by atoms with Crippen molar-refractivity contribution >= 4 is 23.4 Å². The van der Waals surface area contributed by atoms with Crippen LogP contribution in [0.5, 0.6) is 0 Å². The Morgan fingerprint density at radius 3 is 2.90 bits per heavy atom. The van der Waals surface area contributed by atoms with Crippen molar-refractivity contribution in [2.24, 2.45) is 0 Å². The molecule has 0 spiro atoms. The van der Waals surface area contributed by atoms with Gasteiger partial charge in [-0.1, -0.05) is 32.4 Å². The highest BCUT2D eigenvalue weighted by molar-refractivity contribution is 6.33. The van der Waals surface area contributed by atoms with Crippen LogP contribution in [0.2, 0.25) is 5.02 Å². The van der Waals surface area contributed by atoms with Crippen molar-refractivity contribution in [1.82, 2.24) is 20.2 Å². The van der Waals surface area contributed by atoms with Gasteiger partial charge in [0, 0.05) is 19.0 Å². The molecule has 21 heavy (non-hydrogen) atoms. The summed E-state index contributed by atoms with van der Waals surface area (Å²) in [5.41, 5.74) is 0.170. The van der Waals surface area contributed by atoms with Crippen molar-refractivity contribution in [2.75, 3.05) is 13.1 Å². The molecule has 7 heteroatoms. The number of hydrogen-bond donors (Lipinski definition) is 1. The standard InChI is InChI=1S/C14H19ClN4O2/c1-4-10-13(20)16-5-6-19(10)14(21)11-9(15)7-17-12(18-11)8(2)3/h7-8,10H,4-6H2,1-3H3,(H,16,20). The highest BCUT2D eigenvalue weighted by Gasteiger charge is 2.33. The molecular formula is C14H19ClN4O2. The smallest absolute Gasteiger partial charge is 0.274 e. The van der Waals surface area contributed by atoms with Gasteiger partial charge < -0.3 is 10.2 Å². The number of carbonyl (C=O) groups is 2. The van der Waals surface area contributed by atoms with Crippen LogP contribution >= 0.6 is 11.6 Å². The zero-order chi connectivity index (χ0) is 15.6. The lowest BCUT2D eigenvalue weighted by Gasteiger charge is -2.34. The lowest BCUT2D eigenvalue weighted by molar-refractivity contribution is -0.127. The Bertz CT molecular complexity index is 562. The van der Waals surface area contributed by atoms with Crippen LogP contribution < -0.4 is 5.32 Å². The maximum atomic E-state index is 12.7. The molecule has 6 nitrogen and oxygen atoms in total. The largest absolute Gasteiger partial charge is 0.353 e. The highest BCUT2D eigenvalue weighted by Crippen LogP contribution is 2.20. The number of nitrogens with zero attached hydrogens (tertiary/aromatic N) is 3. The average Bonchev–Trinajstić information content (AvgIpc) is 2.46. The van der Waals surface area contributed by atoms with E-state index in [0.717, 1.165) is 0 Å². The van der Waals surface area contributed by atoms with Crippen molar-refractivity contribution < 1.29 is 9.59 Å². The molecule has 0 aromatic carbocycles. The molecule has 1 aliphatic rings. The molecule has 1 fully saturated rings. The Kier molecular flexibility index (Phi) is 4.77. The number of amides is 2. The van der Waals surface area contributed by atoms with Gasteiger partial charge in [0.15, 0.2) is 5.69 Å². The van der Waals surface area contributed by atoms with Gasteiger partial charge in [-0.2, -0.15) is 0 Å². The quantitative estimate of drug-likeness (QED) is 0.920. The van der Waals surface area contributed by atoms with Gasteiger partial charge in [0.05, 0.1) is 11.2 Å². The molecule has 2 heterocycles. The fraction of sp³-hybridized carbons (Fsp3) is 0.571. The molecule has 0 bridgehead atoms. The lowest BCUT2D eigenvalue weighted by Crippen LogP contribution is -2.57. The summed E-state index contributed by atoms with van der Waals surface area (Å²) in [5, 5.41) is 2.98. The SMILES string of the molecule is CCC1C(=O)NCCN1C(=O)c1nc(C(C)C)ncc1Cl. The van der Waals surface area contributed by atoms with Crippen LogP contribution in [0.1, 0.15) is 49.4 Å². The summed E-state index contributed by atoms with van der Waals surface area (Å²) < 4.78 is 0. The van der Waals surface area contributed by atoms with Crippen LogP contribution in [0.15, 0.2) is 6.20 Å². The number of halogens is 1. The number of hydrogen-bond acceptors (Lipinski definition) is 4. The number of nitrogens with one attached hydrogen (secondary N) is 1. The molecule has 0 aliphatic carbocycles. The minimum atomic E-state index is -0.472. The summed E-state index contributed by atoms with van der Waals surface area (Å²) in [7, 11) is 0. The Morgan fingerprint density at radius 2 is 2.29 bits per heavy atom. The maximum Gasteiger partial charge on any atom is 0.274 e. The van der Waals surface area contributed by atoms with E-state index >= 15 is 0 Å². The van der Waals surface area contributed by atoms with Gasteiger partial charge in [0.2, 0.25) is 5.91 Å². The first kappa shape index (κ1) is 15.7. The molecule has 1 aromatic rings. The van der Waals surface area contributed by atoms with E-state index < -0.39 is 6.04 Å². The third kappa shape index (κ3) is 3.15. The van der Waals surface area contributed by atoms with Crippen molar-refractivity contribution in [3.63, 3.8) is 0 Å². The third-order valence-corrected chi connectivity index (χ3v) is 3.74. The normalized spacial score (nSPS) is 18.8. The van der Waals surface area contributed by atoms with Gasteiger partial charge in [-0.25, -0.2) is 9.97 Å². The van der Waals surface area contributed by atoms with Crippen molar-refractivity contribution in [3.05, 3.63) is 22.7 Å². The van der Waals surface area contributed by atoms with Crippen molar-refractivity contribution in [1.29, 1.82) is 0 Å². The minimum absolute atomic E-state index is 0.0976. The van der Waals surface area contributed by atoms with Crippen LogP contribution in [0.25, 0.3) is 0 Å². The molecule has 0 radical (unpaired) electrons. The second-order valence-electron chi connectivity index (χ2n) is 5.29. The highest BCUT2D eigenvalue weighted by atomic mass is 35.5. The van der Waals surface area contributed by atoms with E-state index in [1.807, 2.05) is 20.8 Å². The molecule has 1 unspecified atom stereocenters. The Balaban J connectivity index is 2.34. The van der Waals surface area contributed by atoms with E-state index in [1.165, 1.54) is 11.1 Å². The third-order valence-electron chi connectivity index (χ3n) is 3.46. The number of carbonyl (C=O) groups excluding carboxylic acids is 2. The molecule has 2 rings (SSSR count). The fourth-order valence-electron chi connectivity index (χ4n) is 2.31. The van der Waals surface area contributed by atoms with Gasteiger partial charge in [-0.3, -0.25) is 9.59 Å². The first-order valence-corrected chi connectivity index (χ1v) is 7.44. The van der Waals surface area contributed by atoms with E-state index in [0.29, 0.717) is 25.3 Å². The first-order chi connectivity index (χ1) is 9.95. The van der Waals surface area contributed by atoms with Crippen LogP contribution in [-0.2, 0) is 4.79 Å². The summed E-state index contributed by atoms with van der Waals surface area (Å²) in [4.78, 5) is 34.5. The molecule has 0 saturated carbocycles. The van der Waals surface area contributed by atoms with Gasteiger partial charge in [0.25, 0.3) is 5.91 Å². The molecule has 2 amide bonds. The second-order valence-corrected chi connectivity index (χ2v) is 5.70. The Morgan fingerprint density at radius 1 is 1.57 bits per heavy atom. The van der Waals surface area contributed by atoms with Gasteiger partial charge in [0.1, 0.15) is 11.9 Å². The van der Waals surface area contributed by atoms with Crippen molar-refractivity contribution in [2.45, 2.75) is 39.2 Å². The second kappa shape index (κ2) is 6.39. The number of aromatic nitrogens is 2. The zero-order valence-corrected chi connectivity index (χ0v) is 13.1. The summed E-state index contributed by atoms with van der Waals surface area (Å²) in [6.45, 7) is 6.67. The summed E-state index contributed by atoms with van der Waals surface area (Å²) in [6.07, 6.45) is 2.00. The fourth-order valence-corrected chi connectivity index (χ4v) is 2.48. The van der Waals surface area contributed by atoms with E-state index in [-0.39, 0.29) is 28.4 Å². The monoisotopic (exact) mass is 310 g/mol. The number of piperazine rings is 1. The molecule has 114 valence electrons. The van der Waals surface area contributed by atoms with Crippen LogP contribution in [0.3, 0.4) is 0 Å². The molecule has 1 aliphatic heterocycles. The average molecular weight is 311 g/mol. The van der Waals surface area contributed by atoms with Gasteiger partial charge >= 0.3 is 0 Å². The first-order valence-electron chi connectivity index (χ1n) is 7.06. The molecule has 1 N–H and O–H groups in total. The predicted molar refractivity (Wildman–Crippen MR) is 79.3 cm³/mol. The molecule has 1 atom stereocenters. The van der Waals surface area contributed by atoms with E-state index in [9.17, 15) is 9.59 Å². The summed E-state index contributed by atoms with van der Waals surface area (Å²) >= 11 is 6.07. The molecular weight excluding hydrogens is 292 g/mol. The molecule has 1 saturated heterocycles. The zero-order valence-electron chi connectivity index (χ0n) is 12.4. The van der Waals surface area contributed by atoms with Gasteiger partial charge in [-0.05, 0) is 6.42 Å². The van der Waals surface area contributed by atoms with Crippen LogP contribution in [0, 0.1) is 0 Å². The van der Waals surface area contributed by atoms with E-state index in [2.05, 4.69) is 15.3 Å². The topological polar surface area (TPSA) is 75.2 Å². The summed E-state index contributed by atoms with van der Waals surface area (Å²) in [6, 6.07) is -0.472. The van der Waals surface area contributed by atoms with Crippen LogP contribution in [-0.4, -0.2) is 45.8 Å². The molecule has 1 aromatic heterocycles. The summed E-state index contributed by atoms with van der Waals surface area (Å²) in [5.74, 6) is 0.218. The number of rotatable bonds is 3. The van der Waals surface area contributed by atoms with Gasteiger partial charge in [-0.15, -0.1) is 0 Å².